The number of hydrogen-bond donors (Lipinski definition) is 0. The van der Waals surface area contributed by atoms with Crippen molar-refractivity contribution in [1.29, 1.82) is 5.26 Å². The Morgan fingerprint density at radius 1 is 1.37 bits per heavy atom. The van der Waals surface area contributed by atoms with Crippen molar-refractivity contribution in [3.63, 3.8) is 0 Å². The van der Waals surface area contributed by atoms with Gasteiger partial charge in [-0.3, -0.25) is 14.6 Å². The molecule has 1 fully saturated rings. The number of hydrogen-bond acceptors (Lipinski definition) is 4. The molecule has 3 rings (SSSR count). The molecule has 7 heteroatoms. The number of nitriles is 1. The van der Waals surface area contributed by atoms with Gasteiger partial charge in [-0.1, -0.05) is 12.2 Å². The molecule has 27 heavy (non-hydrogen) atoms. The number of carbonyl (C=O) groups excluding carboxylic acids is 2. The van der Waals surface area contributed by atoms with Crippen molar-refractivity contribution in [2.24, 2.45) is 0 Å². The predicted molar refractivity (Wildman–Crippen MR) is 94.2 cm³/mol. The average Bonchev–Trinajstić information content (AvgIpc) is 3.01. The van der Waals surface area contributed by atoms with Gasteiger partial charge in [-0.25, -0.2) is 8.78 Å². The van der Waals surface area contributed by atoms with Crippen molar-refractivity contribution in [1.82, 2.24) is 9.88 Å². The summed E-state index contributed by atoms with van der Waals surface area (Å²) in [5.74, 6) is -3.71. The maximum atomic E-state index is 13.5. The molecule has 142 valence electrons. The molecule has 2 aliphatic rings. The van der Waals surface area contributed by atoms with Crippen molar-refractivity contribution in [3.8, 4) is 6.07 Å². The highest BCUT2D eigenvalue weighted by atomic mass is 19.3. The molecule has 1 unspecified atom stereocenters. The van der Waals surface area contributed by atoms with Gasteiger partial charge in [-0.15, -0.1) is 0 Å². The van der Waals surface area contributed by atoms with E-state index in [0.717, 1.165) is 29.7 Å². The van der Waals surface area contributed by atoms with Crippen LogP contribution in [-0.2, 0) is 4.79 Å². The van der Waals surface area contributed by atoms with Gasteiger partial charge in [0.15, 0.2) is 5.78 Å². The lowest BCUT2D eigenvalue weighted by Crippen LogP contribution is -2.36. The van der Waals surface area contributed by atoms with E-state index in [1.54, 1.807) is 18.3 Å². The summed E-state index contributed by atoms with van der Waals surface area (Å²) in [7, 11) is 0. The second kappa shape index (κ2) is 7.95. The number of pyridine rings is 1. The van der Waals surface area contributed by atoms with Crippen LogP contribution in [0.15, 0.2) is 30.6 Å². The Hall–Kier alpha value is -2.62. The number of carbonyl (C=O) groups is 2. The summed E-state index contributed by atoms with van der Waals surface area (Å²) < 4.78 is 27.0. The minimum absolute atomic E-state index is 0.0769. The fourth-order valence-corrected chi connectivity index (χ4v) is 3.72. The molecule has 0 saturated carbocycles. The zero-order chi connectivity index (χ0) is 19.4. The number of Topliss-reactive ketones (excluding diaryl/α,β-unsaturated/α-hetero) is 1. The Labute approximate surface area is 156 Å². The lowest BCUT2D eigenvalue weighted by molar-refractivity contribution is -0.132. The fraction of sp³-hybridized carbons (Fsp3) is 0.500. The van der Waals surface area contributed by atoms with Crippen LogP contribution in [0.4, 0.5) is 8.78 Å². The number of likely N-dealkylation sites (tertiary alicyclic amines) is 1. The first-order valence-corrected chi connectivity index (χ1v) is 9.12. The van der Waals surface area contributed by atoms with Gasteiger partial charge >= 0.3 is 0 Å². The zero-order valence-corrected chi connectivity index (χ0v) is 14.9. The Bertz CT molecular complexity index is 801. The van der Waals surface area contributed by atoms with Crippen molar-refractivity contribution >= 4 is 11.7 Å². The van der Waals surface area contributed by atoms with Crippen molar-refractivity contribution in [2.45, 2.75) is 56.4 Å². The number of allylic oxidation sites excluding steroid dienone is 2. The Balaban J connectivity index is 1.66. The van der Waals surface area contributed by atoms with E-state index in [-0.39, 0.29) is 24.5 Å². The summed E-state index contributed by atoms with van der Waals surface area (Å²) >= 11 is 0. The number of alkyl halides is 2. The van der Waals surface area contributed by atoms with E-state index in [1.807, 2.05) is 0 Å². The van der Waals surface area contributed by atoms with Crippen LogP contribution in [0.5, 0.6) is 0 Å². The van der Waals surface area contributed by atoms with E-state index in [4.69, 9.17) is 5.26 Å². The molecule has 1 aromatic heterocycles. The molecule has 2 heterocycles. The minimum Gasteiger partial charge on any atom is -0.320 e. The Morgan fingerprint density at radius 2 is 2.19 bits per heavy atom. The highest BCUT2D eigenvalue weighted by Gasteiger charge is 2.47. The van der Waals surface area contributed by atoms with Crippen molar-refractivity contribution in [3.05, 3.63) is 41.7 Å². The van der Waals surface area contributed by atoms with Gasteiger partial charge in [0, 0.05) is 43.1 Å². The van der Waals surface area contributed by atoms with E-state index in [2.05, 4.69) is 17.1 Å². The van der Waals surface area contributed by atoms with Crippen LogP contribution in [0.25, 0.3) is 0 Å². The van der Waals surface area contributed by atoms with Gasteiger partial charge < -0.3 is 4.90 Å². The quantitative estimate of drug-likeness (QED) is 0.584. The third kappa shape index (κ3) is 4.38. The molecule has 0 aromatic carbocycles. The van der Waals surface area contributed by atoms with Crippen LogP contribution in [0, 0.1) is 11.3 Å². The molecule has 0 bridgehead atoms. The molecular formula is C20H21F2N3O2. The number of aromatic nitrogens is 1. The molecule has 0 spiro atoms. The summed E-state index contributed by atoms with van der Waals surface area (Å²) in [4.78, 5) is 30.0. The van der Waals surface area contributed by atoms with Gasteiger partial charge in [0.1, 0.15) is 6.04 Å². The van der Waals surface area contributed by atoms with Crippen molar-refractivity contribution in [2.75, 3.05) is 6.54 Å². The summed E-state index contributed by atoms with van der Waals surface area (Å²) in [6.07, 6.45) is 9.48. The number of halogens is 2. The molecule has 1 saturated heterocycles. The minimum atomic E-state index is -3.05. The lowest BCUT2D eigenvalue weighted by Gasteiger charge is -2.20. The molecule has 0 N–H and O–H groups in total. The standard InChI is InChI=1S/C20H21F2N3O2/c21-20(22)10-15(11-23)25(13-20)19(27)7-6-18(26)16-8-9-24-12-17(16)14-4-2-1-3-5-14/h2,4,8-9,12,14-15H,1,3,5-7,10,13H2/t14?,15-/m0/s1. The zero-order valence-electron chi connectivity index (χ0n) is 14.9. The van der Waals surface area contributed by atoms with Gasteiger partial charge in [0.05, 0.1) is 12.6 Å². The van der Waals surface area contributed by atoms with Gasteiger partial charge in [-0.05, 0) is 30.9 Å². The highest BCUT2D eigenvalue weighted by Crippen LogP contribution is 2.33. The summed E-state index contributed by atoms with van der Waals surface area (Å²) in [5.41, 5.74) is 1.37. The smallest absolute Gasteiger partial charge is 0.268 e. The van der Waals surface area contributed by atoms with Crippen LogP contribution < -0.4 is 0 Å². The Kier molecular flexibility index (Phi) is 5.64. The van der Waals surface area contributed by atoms with Gasteiger partial charge in [0.2, 0.25) is 5.91 Å². The maximum absolute atomic E-state index is 13.5. The molecule has 5 nitrogen and oxygen atoms in total. The summed E-state index contributed by atoms with van der Waals surface area (Å²) in [6, 6.07) is 2.26. The molecule has 2 atom stereocenters. The topological polar surface area (TPSA) is 74.1 Å². The monoisotopic (exact) mass is 373 g/mol. The second-order valence-electron chi connectivity index (χ2n) is 7.08. The Morgan fingerprint density at radius 3 is 2.89 bits per heavy atom. The predicted octanol–water partition coefficient (Wildman–Crippen LogP) is 3.63. The average molecular weight is 373 g/mol. The third-order valence-corrected chi connectivity index (χ3v) is 5.11. The van der Waals surface area contributed by atoms with Gasteiger partial charge in [-0.2, -0.15) is 5.26 Å². The van der Waals surface area contributed by atoms with Crippen LogP contribution in [0.1, 0.15) is 60.4 Å². The van der Waals surface area contributed by atoms with E-state index < -0.39 is 30.8 Å². The number of rotatable bonds is 5. The molecule has 1 aliphatic heterocycles. The van der Waals surface area contributed by atoms with Crippen LogP contribution in [-0.4, -0.2) is 40.1 Å². The van der Waals surface area contributed by atoms with Crippen LogP contribution >= 0.6 is 0 Å². The first-order valence-electron chi connectivity index (χ1n) is 9.12. The number of amides is 1. The van der Waals surface area contributed by atoms with E-state index in [9.17, 15) is 18.4 Å². The molecule has 1 amide bonds. The van der Waals surface area contributed by atoms with E-state index >= 15 is 0 Å². The summed E-state index contributed by atoms with van der Waals surface area (Å²) in [6.45, 7) is -0.758. The number of ketones is 1. The summed E-state index contributed by atoms with van der Waals surface area (Å²) in [5, 5.41) is 9.00. The largest absolute Gasteiger partial charge is 0.320 e. The molecule has 1 aromatic rings. The van der Waals surface area contributed by atoms with Gasteiger partial charge in [0.25, 0.3) is 5.92 Å². The van der Waals surface area contributed by atoms with E-state index in [0.29, 0.717) is 5.56 Å². The number of nitrogens with zero attached hydrogens (tertiary/aromatic N) is 3. The third-order valence-electron chi connectivity index (χ3n) is 5.11. The van der Waals surface area contributed by atoms with Crippen LogP contribution in [0.3, 0.4) is 0 Å². The second-order valence-corrected chi connectivity index (χ2v) is 7.08. The van der Waals surface area contributed by atoms with E-state index in [1.165, 1.54) is 6.20 Å². The molecule has 0 radical (unpaired) electrons. The first-order chi connectivity index (χ1) is 12.9. The normalized spacial score (nSPS) is 23.8. The molecule has 1 aliphatic carbocycles. The highest BCUT2D eigenvalue weighted by molar-refractivity contribution is 5.99. The maximum Gasteiger partial charge on any atom is 0.268 e. The van der Waals surface area contributed by atoms with Crippen LogP contribution in [0.2, 0.25) is 0 Å². The van der Waals surface area contributed by atoms with Crippen molar-refractivity contribution < 1.29 is 18.4 Å². The fourth-order valence-electron chi connectivity index (χ4n) is 3.72. The first kappa shape index (κ1) is 19.2. The molecular weight excluding hydrogens is 352 g/mol. The SMILES string of the molecule is N#C[C@@H]1CC(F)(F)CN1C(=O)CCC(=O)c1ccncc1C1C=CCCC1. The lowest BCUT2D eigenvalue weighted by atomic mass is 9.86.